The minimum absolute atomic E-state index is 0.355. The zero-order valence-corrected chi connectivity index (χ0v) is 13.7. The largest absolute Gasteiger partial charge is 0.370 e. The molecule has 1 N–H and O–H groups in total. The highest BCUT2D eigenvalue weighted by Crippen LogP contribution is 2.28. The summed E-state index contributed by atoms with van der Waals surface area (Å²) in [5, 5.41) is 3.48. The van der Waals surface area contributed by atoms with E-state index in [4.69, 9.17) is 0 Å². The number of anilines is 1. The van der Waals surface area contributed by atoms with Gasteiger partial charge in [0.25, 0.3) is 0 Å². The van der Waals surface area contributed by atoms with Crippen LogP contribution in [0.3, 0.4) is 0 Å². The minimum atomic E-state index is 0.355. The molecule has 0 amide bonds. The van der Waals surface area contributed by atoms with Crippen molar-refractivity contribution < 1.29 is 0 Å². The van der Waals surface area contributed by atoms with Crippen LogP contribution in [-0.2, 0) is 0 Å². The van der Waals surface area contributed by atoms with E-state index in [0.29, 0.717) is 5.92 Å². The fourth-order valence-electron chi connectivity index (χ4n) is 2.57. The quantitative estimate of drug-likeness (QED) is 0.822. The van der Waals surface area contributed by atoms with Crippen LogP contribution in [0.5, 0.6) is 0 Å². The average molecular weight is 326 g/mol. The summed E-state index contributed by atoms with van der Waals surface area (Å²) in [5.41, 5.74) is 0. The Hall–Kier alpha value is -0.640. The van der Waals surface area contributed by atoms with Gasteiger partial charge in [0, 0.05) is 18.5 Å². The molecular formula is C15H24BrN3. The molecule has 1 fully saturated rings. The molecule has 0 unspecified atom stereocenters. The SMILES string of the molecule is CC1CCC(CNc2cc(Br)nc(C(C)C)n2)CC1. The van der Waals surface area contributed by atoms with Crippen LogP contribution in [0.15, 0.2) is 10.7 Å². The van der Waals surface area contributed by atoms with Crippen molar-refractivity contribution in [3.63, 3.8) is 0 Å². The molecule has 2 rings (SSSR count). The highest BCUT2D eigenvalue weighted by atomic mass is 79.9. The van der Waals surface area contributed by atoms with Crippen LogP contribution in [0.2, 0.25) is 0 Å². The standard InChI is InChI=1S/C15H24BrN3/c1-10(2)15-18-13(16)8-14(19-15)17-9-12-6-4-11(3)5-7-12/h8,10-12H,4-7,9H2,1-3H3,(H,17,18,19). The van der Waals surface area contributed by atoms with Gasteiger partial charge in [-0.15, -0.1) is 0 Å². The Morgan fingerprint density at radius 3 is 2.58 bits per heavy atom. The third-order valence-electron chi connectivity index (χ3n) is 3.94. The van der Waals surface area contributed by atoms with Crippen molar-refractivity contribution in [3.8, 4) is 0 Å². The van der Waals surface area contributed by atoms with Gasteiger partial charge in [-0.1, -0.05) is 33.6 Å². The van der Waals surface area contributed by atoms with Crippen molar-refractivity contribution in [3.05, 3.63) is 16.5 Å². The lowest BCUT2D eigenvalue weighted by Crippen LogP contribution is -2.20. The zero-order valence-electron chi connectivity index (χ0n) is 12.1. The van der Waals surface area contributed by atoms with Crippen molar-refractivity contribution in [1.29, 1.82) is 0 Å². The van der Waals surface area contributed by atoms with E-state index in [2.05, 4.69) is 52.0 Å². The van der Waals surface area contributed by atoms with Gasteiger partial charge in [0.05, 0.1) is 0 Å². The first-order chi connectivity index (χ1) is 9.04. The van der Waals surface area contributed by atoms with Crippen LogP contribution < -0.4 is 5.32 Å². The summed E-state index contributed by atoms with van der Waals surface area (Å²) in [4.78, 5) is 8.98. The van der Waals surface area contributed by atoms with Crippen molar-refractivity contribution in [2.45, 2.75) is 52.4 Å². The zero-order chi connectivity index (χ0) is 13.8. The molecule has 1 heterocycles. The number of nitrogens with zero attached hydrogens (tertiary/aromatic N) is 2. The Bertz CT molecular complexity index is 412. The monoisotopic (exact) mass is 325 g/mol. The Labute approximate surface area is 124 Å². The molecule has 0 aromatic carbocycles. The molecule has 1 aliphatic carbocycles. The molecule has 1 saturated carbocycles. The van der Waals surface area contributed by atoms with Gasteiger partial charge in [-0.05, 0) is 40.6 Å². The highest BCUT2D eigenvalue weighted by Gasteiger charge is 2.18. The van der Waals surface area contributed by atoms with Crippen molar-refractivity contribution in [1.82, 2.24) is 9.97 Å². The van der Waals surface area contributed by atoms with E-state index >= 15 is 0 Å². The highest BCUT2D eigenvalue weighted by molar-refractivity contribution is 9.10. The Morgan fingerprint density at radius 2 is 1.95 bits per heavy atom. The Kier molecular flexibility index (Phi) is 5.20. The van der Waals surface area contributed by atoms with Gasteiger partial charge in [0.15, 0.2) is 0 Å². The Balaban J connectivity index is 1.92. The molecule has 106 valence electrons. The first-order valence-corrected chi connectivity index (χ1v) is 8.12. The minimum Gasteiger partial charge on any atom is -0.370 e. The molecule has 0 aliphatic heterocycles. The van der Waals surface area contributed by atoms with E-state index in [9.17, 15) is 0 Å². The van der Waals surface area contributed by atoms with E-state index in [1.165, 1.54) is 25.7 Å². The fourth-order valence-corrected chi connectivity index (χ4v) is 2.96. The number of halogens is 1. The summed E-state index contributed by atoms with van der Waals surface area (Å²) in [6, 6.07) is 1.97. The first-order valence-electron chi connectivity index (χ1n) is 7.33. The molecule has 1 aliphatic rings. The van der Waals surface area contributed by atoms with Gasteiger partial charge in [0.2, 0.25) is 0 Å². The molecule has 0 saturated heterocycles. The molecule has 0 radical (unpaired) electrons. The maximum Gasteiger partial charge on any atom is 0.134 e. The molecule has 0 bridgehead atoms. The normalized spacial score (nSPS) is 23.6. The van der Waals surface area contributed by atoms with Gasteiger partial charge >= 0.3 is 0 Å². The lowest BCUT2D eigenvalue weighted by molar-refractivity contribution is 0.300. The summed E-state index contributed by atoms with van der Waals surface area (Å²) < 4.78 is 0.867. The second-order valence-electron chi connectivity index (χ2n) is 6.10. The second-order valence-corrected chi connectivity index (χ2v) is 6.91. The Morgan fingerprint density at radius 1 is 1.26 bits per heavy atom. The van der Waals surface area contributed by atoms with Crippen LogP contribution in [-0.4, -0.2) is 16.5 Å². The predicted octanol–water partition coefficient (Wildman–Crippen LogP) is 4.60. The van der Waals surface area contributed by atoms with Crippen LogP contribution in [0.25, 0.3) is 0 Å². The van der Waals surface area contributed by atoms with E-state index < -0.39 is 0 Å². The fraction of sp³-hybridized carbons (Fsp3) is 0.733. The summed E-state index contributed by atoms with van der Waals surface area (Å²) in [6.07, 6.45) is 5.43. The topological polar surface area (TPSA) is 37.8 Å². The molecule has 3 nitrogen and oxygen atoms in total. The van der Waals surface area contributed by atoms with Crippen LogP contribution >= 0.6 is 15.9 Å². The van der Waals surface area contributed by atoms with Gasteiger partial charge in [-0.25, -0.2) is 9.97 Å². The van der Waals surface area contributed by atoms with Crippen LogP contribution in [0.4, 0.5) is 5.82 Å². The predicted molar refractivity (Wildman–Crippen MR) is 83.4 cm³/mol. The van der Waals surface area contributed by atoms with Crippen molar-refractivity contribution in [2.75, 3.05) is 11.9 Å². The summed E-state index contributed by atoms with van der Waals surface area (Å²) in [6.45, 7) is 7.63. The van der Waals surface area contributed by atoms with E-state index in [1.807, 2.05) is 6.07 Å². The number of rotatable bonds is 4. The van der Waals surface area contributed by atoms with Crippen LogP contribution in [0, 0.1) is 11.8 Å². The average Bonchev–Trinajstić information content (AvgIpc) is 2.37. The maximum atomic E-state index is 4.58. The van der Waals surface area contributed by atoms with Gasteiger partial charge in [-0.3, -0.25) is 0 Å². The second kappa shape index (κ2) is 6.69. The molecular weight excluding hydrogens is 302 g/mol. The maximum absolute atomic E-state index is 4.58. The van der Waals surface area contributed by atoms with E-state index in [-0.39, 0.29) is 0 Å². The molecule has 19 heavy (non-hydrogen) atoms. The van der Waals surface area contributed by atoms with Gasteiger partial charge in [0.1, 0.15) is 16.2 Å². The number of aromatic nitrogens is 2. The number of nitrogens with one attached hydrogen (secondary N) is 1. The van der Waals surface area contributed by atoms with Crippen molar-refractivity contribution >= 4 is 21.7 Å². The van der Waals surface area contributed by atoms with Gasteiger partial charge in [-0.2, -0.15) is 0 Å². The third kappa shape index (κ3) is 4.44. The molecule has 0 atom stereocenters. The van der Waals surface area contributed by atoms with E-state index in [1.54, 1.807) is 0 Å². The lowest BCUT2D eigenvalue weighted by Gasteiger charge is -2.26. The number of hydrogen-bond donors (Lipinski definition) is 1. The molecule has 4 heteroatoms. The molecule has 1 aromatic heterocycles. The first kappa shape index (κ1) is 14.8. The number of hydrogen-bond acceptors (Lipinski definition) is 3. The smallest absolute Gasteiger partial charge is 0.134 e. The summed E-state index contributed by atoms with van der Waals surface area (Å²) >= 11 is 3.46. The lowest BCUT2D eigenvalue weighted by atomic mass is 9.83. The summed E-state index contributed by atoms with van der Waals surface area (Å²) in [5.74, 6) is 3.91. The van der Waals surface area contributed by atoms with E-state index in [0.717, 1.165) is 34.6 Å². The van der Waals surface area contributed by atoms with Gasteiger partial charge < -0.3 is 5.32 Å². The third-order valence-corrected chi connectivity index (χ3v) is 4.34. The van der Waals surface area contributed by atoms with Crippen molar-refractivity contribution in [2.24, 2.45) is 11.8 Å². The molecule has 0 spiro atoms. The molecule has 1 aromatic rings. The summed E-state index contributed by atoms with van der Waals surface area (Å²) in [7, 11) is 0. The van der Waals surface area contributed by atoms with Crippen LogP contribution in [0.1, 0.15) is 58.2 Å².